The minimum Gasteiger partial charge on any atom is -0.335 e. The Kier molecular flexibility index (Phi) is 2.98. The summed E-state index contributed by atoms with van der Waals surface area (Å²) in [5.74, 6) is -0.427. The summed E-state index contributed by atoms with van der Waals surface area (Å²) in [7, 11) is 0. The standard InChI is InChI=1S/C11H11BrN2O2/c1-7-4-8-5-9(12)2-3-10(8)14(7)6-11(15)13-16/h2-5,16H,6H2,1H3,(H,13,15). The highest BCUT2D eigenvalue weighted by Gasteiger charge is 2.09. The molecule has 1 aromatic heterocycles. The molecule has 1 aromatic carbocycles. The lowest BCUT2D eigenvalue weighted by Crippen LogP contribution is -2.24. The van der Waals surface area contributed by atoms with Crippen LogP contribution in [-0.4, -0.2) is 15.7 Å². The van der Waals surface area contributed by atoms with Crippen LogP contribution in [0, 0.1) is 6.92 Å². The Labute approximate surface area is 101 Å². The zero-order chi connectivity index (χ0) is 11.7. The molecule has 0 bridgehead atoms. The third-order valence-electron chi connectivity index (χ3n) is 2.50. The zero-order valence-corrected chi connectivity index (χ0v) is 10.3. The second kappa shape index (κ2) is 4.27. The van der Waals surface area contributed by atoms with E-state index in [9.17, 15) is 4.79 Å². The lowest BCUT2D eigenvalue weighted by atomic mass is 10.2. The molecule has 84 valence electrons. The van der Waals surface area contributed by atoms with Gasteiger partial charge in [0.05, 0.1) is 0 Å². The van der Waals surface area contributed by atoms with Gasteiger partial charge in [-0.2, -0.15) is 0 Å². The highest BCUT2D eigenvalue weighted by atomic mass is 79.9. The summed E-state index contributed by atoms with van der Waals surface area (Å²) in [6.45, 7) is 2.05. The Balaban J connectivity index is 2.52. The second-order valence-corrected chi connectivity index (χ2v) is 4.53. The molecule has 0 atom stereocenters. The van der Waals surface area contributed by atoms with Crippen molar-refractivity contribution < 1.29 is 10.0 Å². The van der Waals surface area contributed by atoms with Crippen LogP contribution >= 0.6 is 15.9 Å². The van der Waals surface area contributed by atoms with E-state index in [-0.39, 0.29) is 6.54 Å². The van der Waals surface area contributed by atoms with Crippen LogP contribution in [0.2, 0.25) is 0 Å². The van der Waals surface area contributed by atoms with Crippen LogP contribution in [0.3, 0.4) is 0 Å². The van der Waals surface area contributed by atoms with Crippen LogP contribution in [0.15, 0.2) is 28.7 Å². The van der Waals surface area contributed by atoms with Gasteiger partial charge in [0.2, 0.25) is 0 Å². The van der Waals surface area contributed by atoms with Gasteiger partial charge < -0.3 is 4.57 Å². The van der Waals surface area contributed by atoms with Gasteiger partial charge in [-0.1, -0.05) is 15.9 Å². The Hall–Kier alpha value is -1.33. The molecule has 1 heterocycles. The average molecular weight is 283 g/mol. The Morgan fingerprint density at radius 2 is 2.25 bits per heavy atom. The minimum atomic E-state index is -0.427. The van der Waals surface area contributed by atoms with Gasteiger partial charge in [0.25, 0.3) is 5.91 Å². The number of nitrogens with one attached hydrogen (secondary N) is 1. The number of fused-ring (bicyclic) bond motifs is 1. The van der Waals surface area contributed by atoms with Crippen molar-refractivity contribution in [3.63, 3.8) is 0 Å². The highest BCUT2D eigenvalue weighted by Crippen LogP contribution is 2.23. The third-order valence-corrected chi connectivity index (χ3v) is 2.99. The molecule has 2 N–H and O–H groups in total. The Morgan fingerprint density at radius 1 is 1.50 bits per heavy atom. The van der Waals surface area contributed by atoms with E-state index >= 15 is 0 Å². The van der Waals surface area contributed by atoms with Crippen molar-refractivity contribution in [2.45, 2.75) is 13.5 Å². The van der Waals surface area contributed by atoms with Crippen molar-refractivity contribution in [3.8, 4) is 0 Å². The Morgan fingerprint density at radius 3 is 2.94 bits per heavy atom. The van der Waals surface area contributed by atoms with Gasteiger partial charge in [0.15, 0.2) is 0 Å². The molecule has 0 spiro atoms. The molecule has 0 unspecified atom stereocenters. The number of carbonyl (C=O) groups is 1. The molecule has 0 saturated carbocycles. The number of carbonyl (C=O) groups excluding carboxylic acids is 1. The first-order valence-electron chi connectivity index (χ1n) is 4.80. The molecule has 0 radical (unpaired) electrons. The van der Waals surface area contributed by atoms with Gasteiger partial charge in [-0.3, -0.25) is 10.0 Å². The topological polar surface area (TPSA) is 54.3 Å². The van der Waals surface area contributed by atoms with E-state index in [1.807, 2.05) is 35.8 Å². The number of nitrogens with zero attached hydrogens (tertiary/aromatic N) is 1. The molecule has 0 fully saturated rings. The molecule has 2 rings (SSSR count). The molecule has 2 aromatic rings. The lowest BCUT2D eigenvalue weighted by Gasteiger charge is -2.06. The molecule has 4 nitrogen and oxygen atoms in total. The maximum atomic E-state index is 11.2. The molecule has 16 heavy (non-hydrogen) atoms. The highest BCUT2D eigenvalue weighted by molar-refractivity contribution is 9.10. The van der Waals surface area contributed by atoms with E-state index in [0.717, 1.165) is 21.1 Å². The van der Waals surface area contributed by atoms with E-state index in [0.29, 0.717) is 0 Å². The number of rotatable bonds is 2. The summed E-state index contributed by atoms with van der Waals surface area (Å²) in [4.78, 5) is 11.2. The number of hydrogen-bond acceptors (Lipinski definition) is 2. The second-order valence-electron chi connectivity index (χ2n) is 3.61. The van der Waals surface area contributed by atoms with E-state index < -0.39 is 5.91 Å². The van der Waals surface area contributed by atoms with Crippen LogP contribution < -0.4 is 5.48 Å². The van der Waals surface area contributed by atoms with Crippen LogP contribution in [0.1, 0.15) is 5.69 Å². The van der Waals surface area contributed by atoms with Gasteiger partial charge >= 0.3 is 0 Å². The number of hydrogen-bond donors (Lipinski definition) is 2. The van der Waals surface area contributed by atoms with Gasteiger partial charge in [0.1, 0.15) is 6.54 Å². The third kappa shape index (κ3) is 1.96. The minimum absolute atomic E-state index is 0.119. The first-order chi connectivity index (χ1) is 7.61. The van der Waals surface area contributed by atoms with E-state index in [4.69, 9.17) is 5.21 Å². The smallest absolute Gasteiger partial charge is 0.263 e. The molecule has 0 saturated heterocycles. The summed E-state index contributed by atoms with van der Waals surface area (Å²) in [6.07, 6.45) is 0. The van der Waals surface area contributed by atoms with Gasteiger partial charge in [0, 0.05) is 21.1 Å². The fourth-order valence-corrected chi connectivity index (χ4v) is 2.15. The van der Waals surface area contributed by atoms with Gasteiger partial charge in [-0.25, -0.2) is 5.48 Å². The van der Waals surface area contributed by atoms with Crippen molar-refractivity contribution in [3.05, 3.63) is 34.4 Å². The molecular weight excluding hydrogens is 272 g/mol. The van der Waals surface area contributed by atoms with E-state index in [1.54, 1.807) is 5.48 Å². The summed E-state index contributed by atoms with van der Waals surface area (Å²) < 4.78 is 2.86. The van der Waals surface area contributed by atoms with Crippen molar-refractivity contribution in [2.75, 3.05) is 0 Å². The van der Waals surface area contributed by atoms with Crippen LogP contribution in [0.5, 0.6) is 0 Å². The lowest BCUT2D eigenvalue weighted by molar-refractivity contribution is -0.129. The molecule has 1 amide bonds. The molecule has 0 aliphatic rings. The summed E-state index contributed by atoms with van der Waals surface area (Å²) in [5, 5.41) is 9.59. The van der Waals surface area contributed by atoms with Crippen LogP contribution in [-0.2, 0) is 11.3 Å². The SMILES string of the molecule is Cc1cc2cc(Br)ccc2n1CC(=O)NO. The van der Waals surface area contributed by atoms with Crippen LogP contribution in [0.25, 0.3) is 10.9 Å². The maximum Gasteiger partial charge on any atom is 0.263 e. The number of hydroxylamine groups is 1. The number of benzene rings is 1. The summed E-state index contributed by atoms with van der Waals surface area (Å²) >= 11 is 3.40. The van der Waals surface area contributed by atoms with Crippen molar-refractivity contribution in [1.82, 2.24) is 10.0 Å². The Bertz CT molecular complexity index is 548. The summed E-state index contributed by atoms with van der Waals surface area (Å²) in [5.41, 5.74) is 3.60. The monoisotopic (exact) mass is 282 g/mol. The normalized spacial score (nSPS) is 10.7. The van der Waals surface area contributed by atoms with E-state index in [2.05, 4.69) is 15.9 Å². The summed E-state index contributed by atoms with van der Waals surface area (Å²) in [6, 6.07) is 7.87. The van der Waals surface area contributed by atoms with Gasteiger partial charge in [-0.15, -0.1) is 0 Å². The molecular formula is C11H11BrN2O2. The largest absolute Gasteiger partial charge is 0.335 e. The van der Waals surface area contributed by atoms with Crippen molar-refractivity contribution in [2.24, 2.45) is 0 Å². The predicted molar refractivity (Wildman–Crippen MR) is 64.3 cm³/mol. The first kappa shape index (κ1) is 11.2. The fraction of sp³-hybridized carbons (Fsp3) is 0.182. The number of amides is 1. The molecule has 5 heteroatoms. The van der Waals surface area contributed by atoms with Gasteiger partial charge in [-0.05, 0) is 31.2 Å². The molecule has 0 aliphatic heterocycles. The number of halogens is 1. The van der Waals surface area contributed by atoms with Crippen LogP contribution in [0.4, 0.5) is 0 Å². The van der Waals surface area contributed by atoms with Crippen molar-refractivity contribution >= 4 is 32.7 Å². The predicted octanol–water partition coefficient (Wildman–Crippen LogP) is 2.22. The number of aryl methyl sites for hydroxylation is 1. The number of aromatic nitrogens is 1. The quantitative estimate of drug-likeness (QED) is 0.656. The zero-order valence-electron chi connectivity index (χ0n) is 8.70. The fourth-order valence-electron chi connectivity index (χ4n) is 1.77. The van der Waals surface area contributed by atoms with E-state index in [1.165, 1.54) is 0 Å². The first-order valence-corrected chi connectivity index (χ1v) is 5.59. The average Bonchev–Trinajstić information content (AvgIpc) is 2.54. The van der Waals surface area contributed by atoms with Crippen molar-refractivity contribution in [1.29, 1.82) is 0 Å². The maximum absolute atomic E-state index is 11.2. The molecule has 0 aliphatic carbocycles.